The number of hydrogen-bond acceptors (Lipinski definition) is 4. The van der Waals surface area contributed by atoms with E-state index in [9.17, 15) is 4.79 Å². The standard InChI is InChI=1S/C15H18N2O2S/c1-3-13-11(2)20-15(17-13)8-9-16-14(18)7-6-12-5-4-10-19-12/h4-7,10H,3,8-9H2,1-2H3,(H,16,18)/b7-6+. The van der Waals surface area contributed by atoms with Crippen LogP contribution in [-0.2, 0) is 17.6 Å². The zero-order valence-corrected chi connectivity index (χ0v) is 12.5. The van der Waals surface area contributed by atoms with Crippen molar-refractivity contribution in [3.63, 3.8) is 0 Å². The lowest BCUT2D eigenvalue weighted by Crippen LogP contribution is -2.23. The second kappa shape index (κ2) is 7.05. The topological polar surface area (TPSA) is 55.1 Å². The van der Waals surface area contributed by atoms with E-state index in [2.05, 4.69) is 24.1 Å². The van der Waals surface area contributed by atoms with Crippen molar-refractivity contribution in [2.75, 3.05) is 6.54 Å². The summed E-state index contributed by atoms with van der Waals surface area (Å²) in [4.78, 5) is 17.4. The molecule has 0 spiro atoms. The van der Waals surface area contributed by atoms with Crippen LogP contribution in [0.1, 0.15) is 28.3 Å². The van der Waals surface area contributed by atoms with Gasteiger partial charge in [0.1, 0.15) is 5.76 Å². The van der Waals surface area contributed by atoms with Gasteiger partial charge in [0, 0.05) is 23.9 Å². The van der Waals surface area contributed by atoms with Crippen molar-refractivity contribution in [3.05, 3.63) is 45.8 Å². The van der Waals surface area contributed by atoms with Crippen LogP contribution in [0.4, 0.5) is 0 Å². The Balaban J connectivity index is 1.76. The molecule has 2 aromatic heterocycles. The summed E-state index contributed by atoms with van der Waals surface area (Å²) in [6.45, 7) is 4.79. The molecule has 5 heteroatoms. The van der Waals surface area contributed by atoms with Gasteiger partial charge < -0.3 is 9.73 Å². The van der Waals surface area contributed by atoms with E-state index >= 15 is 0 Å². The van der Waals surface area contributed by atoms with Gasteiger partial charge in [-0.1, -0.05) is 6.92 Å². The summed E-state index contributed by atoms with van der Waals surface area (Å²) < 4.78 is 5.11. The van der Waals surface area contributed by atoms with Crippen LogP contribution in [0.25, 0.3) is 6.08 Å². The van der Waals surface area contributed by atoms with E-state index in [1.165, 1.54) is 11.0 Å². The minimum atomic E-state index is -0.120. The van der Waals surface area contributed by atoms with Crippen molar-refractivity contribution < 1.29 is 9.21 Å². The van der Waals surface area contributed by atoms with Gasteiger partial charge in [-0.05, 0) is 31.6 Å². The molecule has 1 N–H and O–H groups in total. The Morgan fingerprint density at radius 1 is 1.55 bits per heavy atom. The highest BCUT2D eigenvalue weighted by Gasteiger charge is 2.05. The lowest BCUT2D eigenvalue weighted by molar-refractivity contribution is -0.116. The molecule has 20 heavy (non-hydrogen) atoms. The molecule has 0 aromatic carbocycles. The highest BCUT2D eigenvalue weighted by Crippen LogP contribution is 2.17. The highest BCUT2D eigenvalue weighted by molar-refractivity contribution is 7.11. The van der Waals surface area contributed by atoms with Crippen molar-refractivity contribution in [1.29, 1.82) is 0 Å². The summed E-state index contributed by atoms with van der Waals surface area (Å²) in [5.74, 6) is 0.550. The van der Waals surface area contributed by atoms with Gasteiger partial charge in [0.05, 0.1) is 17.0 Å². The lowest BCUT2D eigenvalue weighted by atomic mass is 10.3. The summed E-state index contributed by atoms with van der Waals surface area (Å²) in [5, 5.41) is 3.92. The predicted molar refractivity (Wildman–Crippen MR) is 80.7 cm³/mol. The molecule has 0 saturated carbocycles. The van der Waals surface area contributed by atoms with E-state index in [1.54, 1.807) is 35.8 Å². The van der Waals surface area contributed by atoms with Crippen LogP contribution in [0, 0.1) is 6.92 Å². The summed E-state index contributed by atoms with van der Waals surface area (Å²) >= 11 is 1.71. The number of nitrogens with zero attached hydrogens (tertiary/aromatic N) is 1. The van der Waals surface area contributed by atoms with E-state index < -0.39 is 0 Å². The summed E-state index contributed by atoms with van der Waals surface area (Å²) in [6, 6.07) is 3.59. The second-order valence-electron chi connectivity index (χ2n) is 4.35. The van der Waals surface area contributed by atoms with Crippen molar-refractivity contribution in [1.82, 2.24) is 10.3 Å². The third-order valence-corrected chi connectivity index (χ3v) is 3.92. The molecule has 0 unspecified atom stereocenters. The minimum Gasteiger partial charge on any atom is -0.465 e. The molecule has 106 valence electrons. The van der Waals surface area contributed by atoms with Crippen molar-refractivity contribution in [2.45, 2.75) is 26.7 Å². The highest BCUT2D eigenvalue weighted by atomic mass is 32.1. The third-order valence-electron chi connectivity index (χ3n) is 2.85. The number of amides is 1. The number of hydrogen-bond donors (Lipinski definition) is 1. The van der Waals surface area contributed by atoms with Gasteiger partial charge in [-0.3, -0.25) is 4.79 Å². The number of rotatable bonds is 6. The fourth-order valence-electron chi connectivity index (χ4n) is 1.82. The predicted octanol–water partition coefficient (Wildman–Crippen LogP) is 2.98. The summed E-state index contributed by atoms with van der Waals surface area (Å²) in [6.07, 6.45) is 6.43. The molecule has 0 fully saturated rings. The maximum absolute atomic E-state index is 11.6. The molecule has 0 aliphatic rings. The fraction of sp³-hybridized carbons (Fsp3) is 0.333. The molecule has 4 nitrogen and oxygen atoms in total. The minimum absolute atomic E-state index is 0.120. The number of carbonyl (C=O) groups is 1. The van der Waals surface area contributed by atoms with Crippen LogP contribution >= 0.6 is 11.3 Å². The smallest absolute Gasteiger partial charge is 0.244 e. The number of aryl methyl sites for hydroxylation is 2. The molecule has 0 bridgehead atoms. The third kappa shape index (κ3) is 4.06. The van der Waals surface area contributed by atoms with Crippen LogP contribution < -0.4 is 5.32 Å². The van der Waals surface area contributed by atoms with Gasteiger partial charge in [0.2, 0.25) is 5.91 Å². The maximum atomic E-state index is 11.6. The largest absolute Gasteiger partial charge is 0.465 e. The Kier molecular flexibility index (Phi) is 5.12. The van der Waals surface area contributed by atoms with Gasteiger partial charge in [-0.15, -0.1) is 11.3 Å². The molecular weight excluding hydrogens is 272 g/mol. The average Bonchev–Trinajstić information content (AvgIpc) is 3.06. The summed E-state index contributed by atoms with van der Waals surface area (Å²) in [7, 11) is 0. The van der Waals surface area contributed by atoms with E-state index in [0.29, 0.717) is 12.3 Å². The number of carbonyl (C=O) groups excluding carboxylic acids is 1. The Bertz CT molecular complexity index is 585. The van der Waals surface area contributed by atoms with Gasteiger partial charge in [-0.2, -0.15) is 0 Å². The van der Waals surface area contributed by atoms with Crippen molar-refractivity contribution in [3.8, 4) is 0 Å². The molecule has 2 aromatic rings. The van der Waals surface area contributed by atoms with Crippen molar-refractivity contribution >= 4 is 23.3 Å². The SMILES string of the molecule is CCc1nc(CCNC(=O)/C=C/c2ccco2)sc1C. The summed E-state index contributed by atoms with van der Waals surface area (Å²) in [5.41, 5.74) is 1.16. The number of aromatic nitrogens is 1. The maximum Gasteiger partial charge on any atom is 0.244 e. The molecule has 0 aliphatic heterocycles. The van der Waals surface area contributed by atoms with Gasteiger partial charge in [0.15, 0.2) is 0 Å². The quantitative estimate of drug-likeness (QED) is 0.832. The van der Waals surface area contributed by atoms with E-state index in [0.717, 1.165) is 23.5 Å². The molecular formula is C15H18N2O2S. The molecule has 1 amide bonds. The molecule has 0 radical (unpaired) electrons. The second-order valence-corrected chi connectivity index (χ2v) is 5.64. The van der Waals surface area contributed by atoms with Crippen LogP contribution in [0.5, 0.6) is 0 Å². The van der Waals surface area contributed by atoms with Crippen LogP contribution in [0.2, 0.25) is 0 Å². The van der Waals surface area contributed by atoms with Crippen molar-refractivity contribution in [2.24, 2.45) is 0 Å². The lowest BCUT2D eigenvalue weighted by Gasteiger charge is -1.99. The monoisotopic (exact) mass is 290 g/mol. The van der Waals surface area contributed by atoms with Gasteiger partial charge >= 0.3 is 0 Å². The number of nitrogens with one attached hydrogen (secondary N) is 1. The normalized spacial score (nSPS) is 11.1. The Labute approximate surface area is 122 Å². The van der Waals surface area contributed by atoms with E-state index in [4.69, 9.17) is 4.42 Å². The first-order chi connectivity index (χ1) is 9.69. The molecule has 0 atom stereocenters. The van der Waals surface area contributed by atoms with Crippen LogP contribution in [0.15, 0.2) is 28.9 Å². The first-order valence-corrected chi connectivity index (χ1v) is 7.45. The number of furan rings is 1. The zero-order chi connectivity index (χ0) is 14.4. The molecule has 0 saturated heterocycles. The zero-order valence-electron chi connectivity index (χ0n) is 11.7. The number of thiazole rings is 1. The molecule has 2 rings (SSSR count). The first-order valence-electron chi connectivity index (χ1n) is 6.63. The Morgan fingerprint density at radius 2 is 2.40 bits per heavy atom. The van der Waals surface area contributed by atoms with Crippen LogP contribution in [-0.4, -0.2) is 17.4 Å². The van der Waals surface area contributed by atoms with E-state index in [-0.39, 0.29) is 5.91 Å². The first kappa shape index (κ1) is 14.5. The van der Waals surface area contributed by atoms with Gasteiger partial charge in [-0.25, -0.2) is 4.98 Å². The van der Waals surface area contributed by atoms with Gasteiger partial charge in [0.25, 0.3) is 0 Å². The van der Waals surface area contributed by atoms with E-state index in [1.807, 2.05) is 0 Å². The fourth-order valence-corrected chi connectivity index (χ4v) is 2.84. The molecule has 2 heterocycles. The Hall–Kier alpha value is -1.88. The Morgan fingerprint density at radius 3 is 3.05 bits per heavy atom. The average molecular weight is 290 g/mol. The molecule has 0 aliphatic carbocycles. The van der Waals surface area contributed by atoms with Crippen LogP contribution in [0.3, 0.4) is 0 Å².